The van der Waals surface area contributed by atoms with E-state index in [-0.39, 0.29) is 0 Å². The van der Waals surface area contributed by atoms with Crippen LogP contribution >= 0.6 is 11.6 Å². The minimum absolute atomic E-state index is 0.544. The molecule has 0 aromatic heterocycles. The van der Waals surface area contributed by atoms with Crippen molar-refractivity contribution < 1.29 is 4.39 Å². The zero-order valence-corrected chi connectivity index (χ0v) is 9.21. The van der Waals surface area contributed by atoms with Crippen molar-refractivity contribution in [3.05, 3.63) is 27.8 Å². The lowest BCUT2D eigenvalue weighted by Crippen LogP contribution is -2.10. The van der Waals surface area contributed by atoms with Crippen molar-refractivity contribution in [3.8, 4) is 0 Å². The average Bonchev–Trinajstić information content (AvgIpc) is 2.75. The maximum Gasteiger partial charge on any atom is 0.138 e. The Labute approximate surface area is 92.8 Å². The van der Waals surface area contributed by atoms with Crippen molar-refractivity contribution in [1.29, 1.82) is 0 Å². The maximum atomic E-state index is 14.1. The molecule has 0 unspecified atom stereocenters. The summed E-state index contributed by atoms with van der Waals surface area (Å²) in [6, 6.07) is 1.82. The molecule has 1 aromatic carbocycles. The molecular weight excluding hydrogens is 215 g/mol. The number of halogens is 2. The topological polar surface area (TPSA) is 24.1 Å². The molecule has 0 amide bonds. The summed E-state index contributed by atoms with van der Waals surface area (Å²) in [5.74, 6) is 0. The highest BCUT2D eigenvalue weighted by atomic mass is 35.5. The van der Waals surface area contributed by atoms with E-state index in [2.05, 4.69) is 10.9 Å². The lowest BCUT2D eigenvalue weighted by atomic mass is 9.96. The third-order valence-electron chi connectivity index (χ3n) is 3.29. The van der Waals surface area contributed by atoms with Gasteiger partial charge in [-0.3, -0.25) is 0 Å². The second-order valence-corrected chi connectivity index (χ2v) is 4.74. The summed E-state index contributed by atoms with van der Waals surface area (Å²) in [7, 11) is 0. The predicted octanol–water partition coefficient (Wildman–Crippen LogP) is 3.04. The van der Waals surface area contributed by atoms with Gasteiger partial charge in [0.05, 0.1) is 5.69 Å². The van der Waals surface area contributed by atoms with Gasteiger partial charge in [0.15, 0.2) is 0 Å². The van der Waals surface area contributed by atoms with Gasteiger partial charge in [0.25, 0.3) is 0 Å². The second kappa shape index (κ2) is 2.86. The van der Waals surface area contributed by atoms with Crippen molar-refractivity contribution in [1.82, 2.24) is 5.43 Å². The third kappa shape index (κ3) is 1.26. The van der Waals surface area contributed by atoms with E-state index < -0.39 is 5.67 Å². The van der Waals surface area contributed by atoms with Crippen LogP contribution in [0.25, 0.3) is 0 Å². The van der Waals surface area contributed by atoms with E-state index in [1.54, 1.807) is 0 Å². The van der Waals surface area contributed by atoms with E-state index in [1.807, 2.05) is 13.0 Å². The molecule has 2 N–H and O–H groups in total. The first-order valence-electron chi connectivity index (χ1n) is 5.12. The van der Waals surface area contributed by atoms with Crippen LogP contribution in [0.1, 0.15) is 29.5 Å². The van der Waals surface area contributed by atoms with Gasteiger partial charge >= 0.3 is 0 Å². The number of hydrazine groups is 1. The minimum atomic E-state index is -1.15. The summed E-state index contributed by atoms with van der Waals surface area (Å²) in [5, 5.41) is 0.544. The highest BCUT2D eigenvalue weighted by Gasteiger charge is 2.48. The number of nitrogens with one attached hydrogen (secondary N) is 2. The van der Waals surface area contributed by atoms with Gasteiger partial charge in [0.1, 0.15) is 5.67 Å². The molecular formula is C11H12ClFN2. The Morgan fingerprint density at radius 2 is 2.20 bits per heavy atom. The standard InChI is InChI=1S/C11H12ClFN2/c1-6-7-5-14-15-9(7)4-8(12)10(6)11(13)2-3-11/h4,14-15H,2-3,5H2,1H3. The van der Waals surface area contributed by atoms with E-state index >= 15 is 0 Å². The Bertz CT molecular complexity index is 441. The minimum Gasteiger partial charge on any atom is -0.321 e. The van der Waals surface area contributed by atoms with Crippen LogP contribution in [0.15, 0.2) is 6.07 Å². The van der Waals surface area contributed by atoms with E-state index in [0.29, 0.717) is 23.4 Å². The summed E-state index contributed by atoms with van der Waals surface area (Å²) in [4.78, 5) is 0. The summed E-state index contributed by atoms with van der Waals surface area (Å²) in [6.45, 7) is 2.69. The molecule has 1 aliphatic heterocycles. The number of rotatable bonds is 1. The van der Waals surface area contributed by atoms with Gasteiger partial charge in [-0.2, -0.15) is 0 Å². The Morgan fingerprint density at radius 1 is 1.47 bits per heavy atom. The number of anilines is 1. The Kier molecular flexibility index (Phi) is 1.80. The fourth-order valence-corrected chi connectivity index (χ4v) is 2.72. The van der Waals surface area contributed by atoms with Crippen molar-refractivity contribution in [2.45, 2.75) is 32.0 Å². The fraction of sp³-hybridized carbons (Fsp3) is 0.455. The molecule has 1 aliphatic carbocycles. The summed E-state index contributed by atoms with van der Waals surface area (Å²) >= 11 is 6.13. The van der Waals surface area contributed by atoms with E-state index in [4.69, 9.17) is 11.6 Å². The highest BCUT2D eigenvalue weighted by Crippen LogP contribution is 2.54. The van der Waals surface area contributed by atoms with Crippen molar-refractivity contribution in [2.75, 3.05) is 5.43 Å². The first kappa shape index (κ1) is 9.43. The van der Waals surface area contributed by atoms with Crippen molar-refractivity contribution in [3.63, 3.8) is 0 Å². The van der Waals surface area contributed by atoms with Crippen LogP contribution in [0.3, 0.4) is 0 Å². The third-order valence-corrected chi connectivity index (χ3v) is 3.59. The van der Waals surface area contributed by atoms with Crippen molar-refractivity contribution in [2.24, 2.45) is 0 Å². The van der Waals surface area contributed by atoms with E-state index in [1.165, 1.54) is 0 Å². The van der Waals surface area contributed by atoms with Gasteiger partial charge in [-0.15, -0.1) is 0 Å². The number of fused-ring (bicyclic) bond motifs is 1. The van der Waals surface area contributed by atoms with E-state index in [0.717, 1.165) is 23.4 Å². The van der Waals surface area contributed by atoms with Crippen molar-refractivity contribution >= 4 is 17.3 Å². The average molecular weight is 227 g/mol. The van der Waals surface area contributed by atoms with Gasteiger partial charge in [0, 0.05) is 17.1 Å². The van der Waals surface area contributed by atoms with Crippen LogP contribution in [0, 0.1) is 6.92 Å². The molecule has 80 valence electrons. The Balaban J connectivity index is 2.22. The van der Waals surface area contributed by atoms with Crippen LogP contribution in [-0.4, -0.2) is 0 Å². The van der Waals surface area contributed by atoms with Gasteiger partial charge in [-0.05, 0) is 37.0 Å². The molecule has 15 heavy (non-hydrogen) atoms. The molecule has 0 radical (unpaired) electrons. The normalized spacial score (nSPS) is 21.0. The van der Waals surface area contributed by atoms with Crippen LogP contribution < -0.4 is 10.9 Å². The summed E-state index contributed by atoms with van der Waals surface area (Å²) in [6.07, 6.45) is 1.21. The van der Waals surface area contributed by atoms with Gasteiger partial charge in [0.2, 0.25) is 0 Å². The SMILES string of the molecule is Cc1c2c(cc(Cl)c1C1(F)CC1)NNC2. The molecule has 0 spiro atoms. The fourth-order valence-electron chi connectivity index (χ4n) is 2.29. The van der Waals surface area contributed by atoms with Crippen LogP contribution in [0.4, 0.5) is 10.1 Å². The van der Waals surface area contributed by atoms with Gasteiger partial charge < -0.3 is 5.43 Å². The molecule has 1 fully saturated rings. The molecule has 0 saturated heterocycles. The molecule has 0 atom stereocenters. The van der Waals surface area contributed by atoms with Gasteiger partial charge in [-0.1, -0.05) is 11.6 Å². The van der Waals surface area contributed by atoms with Crippen LogP contribution in [-0.2, 0) is 12.2 Å². The van der Waals surface area contributed by atoms with Gasteiger partial charge in [-0.25, -0.2) is 9.82 Å². The molecule has 2 nitrogen and oxygen atoms in total. The van der Waals surface area contributed by atoms with Crippen LogP contribution in [0.2, 0.25) is 5.02 Å². The number of benzene rings is 1. The largest absolute Gasteiger partial charge is 0.321 e. The monoisotopic (exact) mass is 226 g/mol. The number of alkyl halides is 1. The molecule has 1 heterocycles. The lowest BCUT2D eigenvalue weighted by Gasteiger charge is -2.15. The Hall–Kier alpha value is -0.800. The predicted molar refractivity (Wildman–Crippen MR) is 58.7 cm³/mol. The lowest BCUT2D eigenvalue weighted by molar-refractivity contribution is 0.316. The molecule has 1 saturated carbocycles. The maximum absolute atomic E-state index is 14.1. The smallest absolute Gasteiger partial charge is 0.138 e. The zero-order valence-electron chi connectivity index (χ0n) is 8.45. The zero-order chi connectivity index (χ0) is 10.6. The first-order valence-corrected chi connectivity index (χ1v) is 5.50. The van der Waals surface area contributed by atoms with E-state index in [9.17, 15) is 4.39 Å². The molecule has 4 heteroatoms. The molecule has 2 aliphatic rings. The highest BCUT2D eigenvalue weighted by molar-refractivity contribution is 6.32. The molecule has 0 bridgehead atoms. The number of hydrogen-bond acceptors (Lipinski definition) is 2. The van der Waals surface area contributed by atoms with Crippen LogP contribution in [0.5, 0.6) is 0 Å². The molecule has 1 aromatic rings. The first-order chi connectivity index (χ1) is 7.12. The second-order valence-electron chi connectivity index (χ2n) is 4.33. The number of hydrogen-bond donors (Lipinski definition) is 2. The summed E-state index contributed by atoms with van der Waals surface area (Å²) in [5.41, 5.74) is 8.71. The summed E-state index contributed by atoms with van der Waals surface area (Å²) < 4.78 is 14.1. The molecule has 3 rings (SSSR count). The Morgan fingerprint density at radius 3 is 2.87 bits per heavy atom. The quantitative estimate of drug-likeness (QED) is 0.769.